The van der Waals surface area contributed by atoms with Gasteiger partial charge >= 0.3 is 12.0 Å². The highest BCUT2D eigenvalue weighted by Crippen LogP contribution is 2.31. The van der Waals surface area contributed by atoms with E-state index in [1.807, 2.05) is 0 Å². The van der Waals surface area contributed by atoms with Crippen molar-refractivity contribution in [2.45, 2.75) is 25.4 Å². The maximum Gasteiger partial charge on any atom is 0.338 e. The van der Waals surface area contributed by atoms with Crippen LogP contribution in [-0.4, -0.2) is 47.4 Å². The van der Waals surface area contributed by atoms with Crippen LogP contribution in [0.15, 0.2) is 18.2 Å². The van der Waals surface area contributed by atoms with Crippen molar-refractivity contribution < 1.29 is 23.5 Å². The van der Waals surface area contributed by atoms with Gasteiger partial charge in [-0.25, -0.2) is 14.0 Å². The summed E-state index contributed by atoms with van der Waals surface area (Å²) < 4.78 is 17.9. The summed E-state index contributed by atoms with van der Waals surface area (Å²) in [5.74, 6) is -1.59. The molecule has 0 N–H and O–H groups in total. The molecule has 0 aromatic heterocycles. The summed E-state index contributed by atoms with van der Waals surface area (Å²) in [6.07, 6.45) is 1.83. The van der Waals surface area contributed by atoms with E-state index < -0.39 is 11.8 Å². The Balaban J connectivity index is 1.85. The van der Waals surface area contributed by atoms with Crippen molar-refractivity contribution in [1.29, 1.82) is 0 Å². The molecule has 3 rings (SSSR count). The van der Waals surface area contributed by atoms with Crippen LogP contribution in [-0.2, 0) is 16.1 Å². The Morgan fingerprint density at radius 1 is 1.36 bits per heavy atom. The van der Waals surface area contributed by atoms with Gasteiger partial charge in [-0.15, -0.1) is 0 Å². The molecule has 1 aliphatic heterocycles. The lowest BCUT2D eigenvalue weighted by atomic mass is 10.1. The third-order valence-electron chi connectivity index (χ3n) is 3.88. The number of imide groups is 1. The maximum absolute atomic E-state index is 13.3. The Morgan fingerprint density at radius 3 is 2.73 bits per heavy atom. The summed E-state index contributed by atoms with van der Waals surface area (Å²) in [7, 11) is 1.19. The molecule has 0 atom stereocenters. The first-order valence-corrected chi connectivity index (χ1v) is 6.99. The Kier molecular flexibility index (Phi) is 3.56. The van der Waals surface area contributed by atoms with Crippen molar-refractivity contribution in [2.75, 3.05) is 13.7 Å². The molecule has 116 valence electrons. The molecule has 0 bridgehead atoms. The van der Waals surface area contributed by atoms with Gasteiger partial charge in [0, 0.05) is 6.04 Å². The van der Waals surface area contributed by atoms with Gasteiger partial charge in [0.25, 0.3) is 5.91 Å². The van der Waals surface area contributed by atoms with E-state index in [0.29, 0.717) is 5.56 Å². The van der Waals surface area contributed by atoms with E-state index in [4.69, 9.17) is 0 Å². The number of ether oxygens (including phenoxy) is 1. The summed E-state index contributed by atoms with van der Waals surface area (Å²) >= 11 is 0. The highest BCUT2D eigenvalue weighted by molar-refractivity contribution is 6.02. The average Bonchev–Trinajstić information content (AvgIpc) is 3.30. The summed E-state index contributed by atoms with van der Waals surface area (Å²) in [5.41, 5.74) is 0.403. The largest absolute Gasteiger partial charge is 0.465 e. The van der Waals surface area contributed by atoms with Gasteiger partial charge in [0.15, 0.2) is 0 Å². The standard InChI is InChI=1S/C15H15FN2O4/c1-22-14(20)12-6-10(16)3-2-9(12)7-18-13(19)8-17(15(18)21)11-4-5-11/h2-3,6,11H,4-5,7-8H2,1H3. The van der Waals surface area contributed by atoms with Gasteiger partial charge in [0.1, 0.15) is 12.4 Å². The van der Waals surface area contributed by atoms with Gasteiger partial charge in [0.05, 0.1) is 19.2 Å². The molecular weight excluding hydrogens is 291 g/mol. The maximum atomic E-state index is 13.3. The number of halogens is 1. The van der Waals surface area contributed by atoms with Crippen LogP contribution >= 0.6 is 0 Å². The fourth-order valence-electron chi connectivity index (χ4n) is 2.54. The van der Waals surface area contributed by atoms with E-state index in [0.717, 1.165) is 23.8 Å². The third-order valence-corrected chi connectivity index (χ3v) is 3.88. The number of urea groups is 1. The van der Waals surface area contributed by atoms with Crippen molar-refractivity contribution in [1.82, 2.24) is 9.80 Å². The Bertz CT molecular complexity index is 657. The minimum atomic E-state index is -0.701. The second-order valence-electron chi connectivity index (χ2n) is 5.41. The molecule has 2 fully saturated rings. The molecule has 7 heteroatoms. The number of carbonyl (C=O) groups is 3. The Labute approximate surface area is 126 Å². The summed E-state index contributed by atoms with van der Waals surface area (Å²) in [5, 5.41) is 0. The first-order valence-electron chi connectivity index (χ1n) is 6.99. The minimum Gasteiger partial charge on any atom is -0.465 e. The van der Waals surface area contributed by atoms with Crippen LogP contribution in [0.3, 0.4) is 0 Å². The van der Waals surface area contributed by atoms with E-state index in [2.05, 4.69) is 4.74 Å². The van der Waals surface area contributed by atoms with Crippen LogP contribution < -0.4 is 0 Å². The number of hydrogen-bond acceptors (Lipinski definition) is 4. The van der Waals surface area contributed by atoms with Crippen LogP contribution in [0.5, 0.6) is 0 Å². The number of rotatable bonds is 4. The van der Waals surface area contributed by atoms with E-state index in [9.17, 15) is 18.8 Å². The molecular formula is C15H15FN2O4. The average molecular weight is 306 g/mol. The number of nitrogens with zero attached hydrogens (tertiary/aromatic N) is 2. The normalized spacial score (nSPS) is 18.1. The molecule has 1 aromatic carbocycles. The van der Waals surface area contributed by atoms with Crippen molar-refractivity contribution in [3.05, 3.63) is 35.1 Å². The molecule has 0 spiro atoms. The number of methoxy groups -OCH3 is 1. The van der Waals surface area contributed by atoms with Crippen molar-refractivity contribution in [3.8, 4) is 0 Å². The molecule has 1 heterocycles. The fraction of sp³-hybridized carbons (Fsp3) is 0.400. The monoisotopic (exact) mass is 306 g/mol. The summed E-state index contributed by atoms with van der Waals surface area (Å²) in [6, 6.07) is 3.42. The first-order chi connectivity index (χ1) is 10.5. The van der Waals surface area contributed by atoms with Crippen molar-refractivity contribution in [3.63, 3.8) is 0 Å². The number of carbonyl (C=O) groups excluding carboxylic acids is 3. The minimum absolute atomic E-state index is 0.0213. The highest BCUT2D eigenvalue weighted by Gasteiger charge is 2.43. The summed E-state index contributed by atoms with van der Waals surface area (Å²) in [6.45, 7) is 0.00382. The zero-order valence-corrected chi connectivity index (χ0v) is 12.0. The van der Waals surface area contributed by atoms with Gasteiger partial charge in [-0.3, -0.25) is 9.69 Å². The smallest absolute Gasteiger partial charge is 0.338 e. The topological polar surface area (TPSA) is 66.9 Å². The number of amides is 3. The lowest BCUT2D eigenvalue weighted by molar-refractivity contribution is -0.125. The molecule has 3 amide bonds. The van der Waals surface area contributed by atoms with E-state index in [1.165, 1.54) is 19.2 Å². The summed E-state index contributed by atoms with van der Waals surface area (Å²) in [4.78, 5) is 38.6. The molecule has 0 radical (unpaired) electrons. The van der Waals surface area contributed by atoms with Gasteiger partial charge in [-0.2, -0.15) is 0 Å². The molecule has 1 saturated carbocycles. The molecule has 1 saturated heterocycles. The zero-order valence-electron chi connectivity index (χ0n) is 12.0. The van der Waals surface area contributed by atoms with Crippen LogP contribution in [0.1, 0.15) is 28.8 Å². The van der Waals surface area contributed by atoms with Gasteiger partial charge in [0.2, 0.25) is 0 Å². The van der Waals surface area contributed by atoms with Crippen LogP contribution in [0.4, 0.5) is 9.18 Å². The van der Waals surface area contributed by atoms with Crippen molar-refractivity contribution >= 4 is 17.9 Å². The molecule has 1 aliphatic carbocycles. The van der Waals surface area contributed by atoms with Crippen LogP contribution in [0.25, 0.3) is 0 Å². The number of benzene rings is 1. The van der Waals surface area contributed by atoms with Gasteiger partial charge < -0.3 is 9.64 Å². The SMILES string of the molecule is COC(=O)c1cc(F)ccc1CN1C(=O)CN(C2CC2)C1=O. The third kappa shape index (κ3) is 2.54. The number of esters is 1. The van der Waals surface area contributed by atoms with E-state index in [1.54, 1.807) is 4.90 Å². The zero-order chi connectivity index (χ0) is 15.9. The lowest BCUT2D eigenvalue weighted by Gasteiger charge is -2.17. The van der Waals surface area contributed by atoms with E-state index in [-0.39, 0.29) is 36.6 Å². The lowest BCUT2D eigenvalue weighted by Crippen LogP contribution is -2.34. The van der Waals surface area contributed by atoms with Gasteiger partial charge in [-0.05, 0) is 30.5 Å². The molecule has 22 heavy (non-hydrogen) atoms. The van der Waals surface area contributed by atoms with Crippen molar-refractivity contribution in [2.24, 2.45) is 0 Å². The quantitative estimate of drug-likeness (QED) is 0.625. The molecule has 2 aliphatic rings. The Morgan fingerprint density at radius 2 is 2.09 bits per heavy atom. The predicted molar refractivity (Wildman–Crippen MR) is 73.4 cm³/mol. The van der Waals surface area contributed by atoms with Gasteiger partial charge in [-0.1, -0.05) is 6.07 Å². The second kappa shape index (κ2) is 5.40. The molecule has 1 aromatic rings. The second-order valence-corrected chi connectivity index (χ2v) is 5.41. The van der Waals surface area contributed by atoms with Crippen LogP contribution in [0, 0.1) is 5.82 Å². The molecule has 0 unspecified atom stereocenters. The fourth-order valence-corrected chi connectivity index (χ4v) is 2.54. The predicted octanol–water partition coefficient (Wildman–Crippen LogP) is 1.54. The Hall–Kier alpha value is -2.44. The first kappa shape index (κ1) is 14.5. The van der Waals surface area contributed by atoms with E-state index >= 15 is 0 Å². The number of hydrogen-bond donors (Lipinski definition) is 0. The highest BCUT2D eigenvalue weighted by atomic mass is 19.1. The van der Waals surface area contributed by atoms with Crippen LogP contribution in [0.2, 0.25) is 0 Å². The molecule has 6 nitrogen and oxygen atoms in total.